The second kappa shape index (κ2) is 49.5. The van der Waals surface area contributed by atoms with Gasteiger partial charge in [-0.05, 0) is 96.3 Å². The summed E-state index contributed by atoms with van der Waals surface area (Å²) in [6.45, 7) is 5.59. The molecular weight excluding hydrogens is 919 g/mol. The normalized spacial score (nSPS) is 20.1. The fourth-order valence-electron chi connectivity index (χ4n) is 8.37. The summed E-state index contributed by atoms with van der Waals surface area (Å²) in [6.07, 6.45) is 54.5. The number of carbonyl (C=O) groups excluding carboxylic acids is 2. The Hall–Kier alpha value is -3.42. The summed E-state index contributed by atoms with van der Waals surface area (Å²) in [5.41, 5.74) is 0. The summed E-state index contributed by atoms with van der Waals surface area (Å²) in [5.74, 6) is -1.25. The fourth-order valence-corrected chi connectivity index (χ4v) is 8.37. The SMILES string of the molecule is CC/C=C\C/C=C\C/C=C\C/C=C\C/C=C\CCCCC(O)C(=O)NC(COC1OC(CO)C(O)C(O)C1OC(=O)CCCCCCCC/C=C/C=C/CCCCC)C(O)/C=C/CCCCCCCCCCC. The number of allylic oxidation sites excluding steroid dienone is 15. The van der Waals surface area contributed by atoms with Crippen LogP contribution in [-0.4, -0.2) is 99.6 Å². The molecule has 1 fully saturated rings. The van der Waals surface area contributed by atoms with E-state index in [0.29, 0.717) is 12.8 Å². The average Bonchev–Trinajstić information content (AvgIpc) is 3.39. The van der Waals surface area contributed by atoms with Gasteiger partial charge in [0.25, 0.3) is 0 Å². The van der Waals surface area contributed by atoms with E-state index in [2.05, 4.69) is 111 Å². The minimum atomic E-state index is -1.63. The lowest BCUT2D eigenvalue weighted by atomic mass is 9.99. The maximum atomic E-state index is 13.4. The summed E-state index contributed by atoms with van der Waals surface area (Å²) in [4.78, 5) is 26.4. The van der Waals surface area contributed by atoms with Crippen LogP contribution in [0.25, 0.3) is 0 Å². The Labute approximate surface area is 444 Å². The van der Waals surface area contributed by atoms with E-state index in [0.717, 1.165) is 116 Å². The number of ether oxygens (including phenoxy) is 3. The van der Waals surface area contributed by atoms with Crippen LogP contribution < -0.4 is 5.32 Å². The van der Waals surface area contributed by atoms with Gasteiger partial charge in [-0.3, -0.25) is 9.59 Å². The van der Waals surface area contributed by atoms with E-state index in [9.17, 15) is 35.1 Å². The van der Waals surface area contributed by atoms with Gasteiger partial charge in [0.2, 0.25) is 5.91 Å². The van der Waals surface area contributed by atoms with Gasteiger partial charge in [0, 0.05) is 6.42 Å². The van der Waals surface area contributed by atoms with Crippen LogP contribution in [0, 0.1) is 0 Å². The molecule has 0 aliphatic carbocycles. The summed E-state index contributed by atoms with van der Waals surface area (Å²) in [5, 5.41) is 56.8. The largest absolute Gasteiger partial charge is 0.454 e. The molecule has 0 aromatic carbocycles. The predicted octanol–water partition coefficient (Wildman–Crippen LogP) is 13.2. The minimum absolute atomic E-state index is 0.101. The monoisotopic (exact) mass is 1020 g/mol. The third-order valence-corrected chi connectivity index (χ3v) is 13.0. The predicted molar refractivity (Wildman–Crippen MR) is 301 cm³/mol. The molecule has 1 heterocycles. The van der Waals surface area contributed by atoms with Crippen molar-refractivity contribution >= 4 is 11.9 Å². The van der Waals surface area contributed by atoms with Gasteiger partial charge in [0.05, 0.1) is 25.4 Å². The van der Waals surface area contributed by atoms with Crippen molar-refractivity contribution in [2.24, 2.45) is 0 Å². The molecule has 0 bridgehead atoms. The zero-order chi connectivity index (χ0) is 53.3. The van der Waals surface area contributed by atoms with E-state index in [1.165, 1.54) is 57.8 Å². The number of unbranched alkanes of at least 4 members (excludes halogenated alkanes) is 20. The molecule has 0 aromatic rings. The summed E-state index contributed by atoms with van der Waals surface area (Å²) in [7, 11) is 0. The van der Waals surface area contributed by atoms with Crippen molar-refractivity contribution in [2.45, 2.75) is 269 Å². The molecule has 1 amide bonds. The van der Waals surface area contributed by atoms with E-state index in [-0.39, 0.29) is 19.4 Å². The van der Waals surface area contributed by atoms with E-state index >= 15 is 0 Å². The first kappa shape index (κ1) is 67.6. The van der Waals surface area contributed by atoms with Crippen LogP contribution in [0.1, 0.15) is 220 Å². The standard InChI is InChI=1S/C62H105NO10/c1-4-7-10-13-16-19-22-24-26-27-28-30-31-34-37-40-43-46-49-55(66)61(70)63-53(54(65)48-45-42-39-36-33-21-18-15-12-9-6-3)52-71-62-60(59(69)58(68)56(51-64)72-62)73-57(67)50-47-44-41-38-35-32-29-25-23-20-17-14-11-8-5-2/h7,10,16-17,19-20,23-26,28,30,34,37,45,48,53-56,58-60,62,64-66,68-69H,4-6,8-9,11-15,18,21-22,27,29,31-33,35-36,38-44,46-47,49-52H2,1-3H3,(H,63,70)/b10-7-,19-16-,20-17+,25-23+,26-24-,30-28-,37-34-,48-45+. The van der Waals surface area contributed by atoms with Crippen LogP contribution in [0.15, 0.2) is 97.2 Å². The summed E-state index contributed by atoms with van der Waals surface area (Å²) in [6, 6.07) is -1.05. The van der Waals surface area contributed by atoms with Crippen molar-refractivity contribution in [3.05, 3.63) is 97.2 Å². The third kappa shape index (κ3) is 37.9. The van der Waals surface area contributed by atoms with E-state index < -0.39 is 67.4 Å². The molecule has 1 rings (SSSR count). The highest BCUT2D eigenvalue weighted by molar-refractivity contribution is 5.80. The summed E-state index contributed by atoms with van der Waals surface area (Å²) >= 11 is 0. The van der Waals surface area contributed by atoms with Crippen molar-refractivity contribution in [1.29, 1.82) is 0 Å². The Balaban J connectivity index is 2.76. The molecule has 0 saturated carbocycles. The van der Waals surface area contributed by atoms with E-state index in [1.807, 2.05) is 6.08 Å². The first-order valence-corrected chi connectivity index (χ1v) is 29.0. The first-order valence-electron chi connectivity index (χ1n) is 29.0. The van der Waals surface area contributed by atoms with Gasteiger partial charge in [-0.2, -0.15) is 0 Å². The number of carbonyl (C=O) groups is 2. The van der Waals surface area contributed by atoms with Gasteiger partial charge in [0.1, 0.15) is 24.4 Å². The number of amides is 1. The molecular formula is C62H105NO10. The van der Waals surface area contributed by atoms with Crippen LogP contribution in [0.3, 0.4) is 0 Å². The molecule has 418 valence electrons. The molecule has 11 nitrogen and oxygen atoms in total. The molecule has 8 atom stereocenters. The smallest absolute Gasteiger partial charge is 0.306 e. The molecule has 1 aliphatic rings. The maximum absolute atomic E-state index is 13.4. The van der Waals surface area contributed by atoms with Crippen LogP contribution in [0.4, 0.5) is 0 Å². The van der Waals surface area contributed by atoms with E-state index in [4.69, 9.17) is 14.2 Å². The Bertz CT molecular complexity index is 1550. The van der Waals surface area contributed by atoms with Gasteiger partial charge in [-0.1, -0.05) is 214 Å². The number of nitrogens with one attached hydrogen (secondary N) is 1. The summed E-state index contributed by atoms with van der Waals surface area (Å²) < 4.78 is 17.5. The molecule has 6 N–H and O–H groups in total. The van der Waals surface area contributed by atoms with Crippen LogP contribution >= 0.6 is 0 Å². The Kier molecular flexibility index (Phi) is 45.8. The lowest BCUT2D eigenvalue weighted by molar-refractivity contribution is -0.305. The van der Waals surface area contributed by atoms with Gasteiger partial charge < -0.3 is 45.1 Å². The number of rotatable bonds is 47. The molecule has 0 aromatic heterocycles. The highest BCUT2D eigenvalue weighted by Gasteiger charge is 2.47. The molecule has 8 unspecified atom stereocenters. The van der Waals surface area contributed by atoms with Crippen molar-refractivity contribution in [1.82, 2.24) is 5.32 Å². The van der Waals surface area contributed by atoms with Crippen LogP contribution in [-0.2, 0) is 23.8 Å². The lowest BCUT2D eigenvalue weighted by Crippen LogP contribution is -2.61. The zero-order valence-electron chi connectivity index (χ0n) is 46.0. The lowest BCUT2D eigenvalue weighted by Gasteiger charge is -2.41. The third-order valence-electron chi connectivity index (χ3n) is 13.0. The maximum Gasteiger partial charge on any atom is 0.306 e. The highest BCUT2D eigenvalue weighted by atomic mass is 16.7. The van der Waals surface area contributed by atoms with Crippen molar-refractivity contribution in [2.75, 3.05) is 13.2 Å². The number of aliphatic hydroxyl groups excluding tert-OH is 5. The molecule has 0 radical (unpaired) electrons. The number of esters is 1. The van der Waals surface area contributed by atoms with Gasteiger partial charge in [-0.25, -0.2) is 0 Å². The van der Waals surface area contributed by atoms with Gasteiger partial charge in [0.15, 0.2) is 12.4 Å². The van der Waals surface area contributed by atoms with Crippen molar-refractivity contribution in [3.8, 4) is 0 Å². The molecule has 1 aliphatic heterocycles. The molecule has 1 saturated heterocycles. The molecule has 73 heavy (non-hydrogen) atoms. The number of hydrogen-bond acceptors (Lipinski definition) is 10. The average molecular weight is 1020 g/mol. The number of aliphatic hydroxyl groups is 5. The molecule has 0 spiro atoms. The Morgan fingerprint density at radius 2 is 1.03 bits per heavy atom. The second-order valence-electron chi connectivity index (χ2n) is 19.7. The minimum Gasteiger partial charge on any atom is -0.454 e. The topological polar surface area (TPSA) is 175 Å². The highest BCUT2D eigenvalue weighted by Crippen LogP contribution is 2.26. The fraction of sp³-hybridized carbons (Fsp3) is 0.710. The van der Waals surface area contributed by atoms with Crippen molar-refractivity contribution < 1.29 is 49.3 Å². The Morgan fingerprint density at radius 1 is 0.562 bits per heavy atom. The first-order chi connectivity index (χ1) is 35.7. The van der Waals surface area contributed by atoms with Crippen molar-refractivity contribution in [3.63, 3.8) is 0 Å². The number of hydrogen-bond donors (Lipinski definition) is 6. The van der Waals surface area contributed by atoms with Gasteiger partial charge >= 0.3 is 5.97 Å². The van der Waals surface area contributed by atoms with E-state index in [1.54, 1.807) is 6.08 Å². The Morgan fingerprint density at radius 3 is 1.59 bits per heavy atom. The van der Waals surface area contributed by atoms with Crippen LogP contribution in [0.5, 0.6) is 0 Å². The second-order valence-corrected chi connectivity index (χ2v) is 19.7. The zero-order valence-corrected chi connectivity index (χ0v) is 46.0. The quantitative estimate of drug-likeness (QED) is 0.0149. The molecule has 11 heteroatoms. The van der Waals surface area contributed by atoms with Gasteiger partial charge in [-0.15, -0.1) is 0 Å². The van der Waals surface area contributed by atoms with Crippen LogP contribution in [0.2, 0.25) is 0 Å².